The highest BCUT2D eigenvalue weighted by Crippen LogP contribution is 2.44. The number of carbonyl (C=O) groups is 2. The third kappa shape index (κ3) is 3.59. The fraction of sp³-hybridized carbons (Fsp3) is 0.407. The van der Waals surface area contributed by atoms with Crippen molar-refractivity contribution >= 4 is 34.1 Å². The number of amides is 2. The van der Waals surface area contributed by atoms with E-state index in [-0.39, 0.29) is 22.9 Å². The van der Waals surface area contributed by atoms with Crippen LogP contribution >= 0.6 is 0 Å². The summed E-state index contributed by atoms with van der Waals surface area (Å²) in [6, 6.07) is 13.2. The lowest BCUT2D eigenvalue weighted by atomic mass is 9.75. The van der Waals surface area contributed by atoms with Crippen molar-refractivity contribution in [3.8, 4) is 5.75 Å². The Hall–Kier alpha value is -3.48. The summed E-state index contributed by atoms with van der Waals surface area (Å²) in [5.41, 5.74) is 3.55. The van der Waals surface area contributed by atoms with E-state index >= 15 is 0 Å². The van der Waals surface area contributed by atoms with Crippen LogP contribution in [0.25, 0.3) is 10.9 Å². The molecule has 1 aromatic heterocycles. The molecular weight excluding hydrogens is 428 g/mol. The highest BCUT2D eigenvalue weighted by molar-refractivity contribution is 6.07. The van der Waals surface area contributed by atoms with E-state index in [0.717, 1.165) is 41.6 Å². The molecule has 7 nitrogen and oxygen atoms in total. The Morgan fingerprint density at radius 3 is 2.62 bits per heavy atom. The molecule has 2 aromatic carbocycles. The minimum atomic E-state index is -0.179. The van der Waals surface area contributed by atoms with Crippen molar-refractivity contribution in [2.24, 2.45) is 0 Å². The average Bonchev–Trinajstić information content (AvgIpc) is 3.19. The fourth-order valence-electron chi connectivity index (χ4n) is 5.11. The lowest BCUT2D eigenvalue weighted by Crippen LogP contribution is -2.55. The number of anilines is 2. The van der Waals surface area contributed by atoms with Gasteiger partial charge in [-0.1, -0.05) is 19.9 Å². The fourth-order valence-corrected chi connectivity index (χ4v) is 5.11. The maximum absolute atomic E-state index is 13.1. The van der Waals surface area contributed by atoms with Gasteiger partial charge < -0.3 is 25.3 Å². The molecule has 2 amide bonds. The summed E-state index contributed by atoms with van der Waals surface area (Å²) < 4.78 is 7.98. The first kappa shape index (κ1) is 22.3. The summed E-state index contributed by atoms with van der Waals surface area (Å²) in [6.07, 6.45) is 3.24. The Kier molecular flexibility index (Phi) is 5.30. The molecule has 2 aliphatic heterocycles. The molecule has 178 valence electrons. The number of hydrogen-bond donors (Lipinski definition) is 3. The molecule has 7 heteroatoms. The van der Waals surface area contributed by atoms with Crippen LogP contribution in [0.4, 0.5) is 11.4 Å². The Balaban J connectivity index is 0.00000117. The van der Waals surface area contributed by atoms with Crippen LogP contribution in [0.2, 0.25) is 0 Å². The zero-order chi connectivity index (χ0) is 24.1. The van der Waals surface area contributed by atoms with Gasteiger partial charge in [0.2, 0.25) is 0 Å². The van der Waals surface area contributed by atoms with Crippen molar-refractivity contribution in [3.63, 3.8) is 0 Å². The summed E-state index contributed by atoms with van der Waals surface area (Å²) in [5, 5.41) is 10.5. The maximum Gasteiger partial charge on any atom is 0.268 e. The minimum absolute atomic E-state index is 0.0450. The first-order chi connectivity index (χ1) is 16.3. The average molecular weight is 461 g/mol. The number of ether oxygens (including phenoxy) is 1. The smallest absolute Gasteiger partial charge is 0.268 e. The lowest BCUT2D eigenvalue weighted by molar-refractivity contribution is 0.0763. The van der Waals surface area contributed by atoms with Gasteiger partial charge in [0.1, 0.15) is 18.1 Å². The number of nitrogens with one attached hydrogen (secondary N) is 3. The molecule has 3 N–H and O–H groups in total. The zero-order valence-corrected chi connectivity index (χ0v) is 20.2. The first-order valence-corrected chi connectivity index (χ1v) is 12.1. The van der Waals surface area contributed by atoms with Gasteiger partial charge in [0.25, 0.3) is 11.8 Å². The van der Waals surface area contributed by atoms with Gasteiger partial charge in [0.05, 0.1) is 22.3 Å². The van der Waals surface area contributed by atoms with Crippen molar-refractivity contribution in [2.75, 3.05) is 23.8 Å². The summed E-state index contributed by atoms with van der Waals surface area (Å²) in [5.74, 6) is 0.561. The van der Waals surface area contributed by atoms with Gasteiger partial charge in [0, 0.05) is 23.2 Å². The predicted octanol–water partition coefficient (Wildman–Crippen LogP) is 5.13. The SMILES string of the molecule is CC.CC1(C)COc2ccc(NC(=O)c3ccc4cc5n(c4c3)C3(CCC3)CNC5=O)cc2N1. The minimum Gasteiger partial charge on any atom is -0.489 e. The largest absolute Gasteiger partial charge is 0.489 e. The van der Waals surface area contributed by atoms with Gasteiger partial charge in [-0.2, -0.15) is 0 Å². The molecule has 3 heterocycles. The van der Waals surface area contributed by atoms with Gasteiger partial charge >= 0.3 is 0 Å². The molecule has 34 heavy (non-hydrogen) atoms. The summed E-state index contributed by atoms with van der Waals surface area (Å²) in [7, 11) is 0. The van der Waals surface area contributed by atoms with Gasteiger partial charge in [-0.3, -0.25) is 9.59 Å². The molecule has 1 aliphatic carbocycles. The van der Waals surface area contributed by atoms with Crippen molar-refractivity contribution in [1.82, 2.24) is 9.88 Å². The Morgan fingerprint density at radius 2 is 1.88 bits per heavy atom. The third-order valence-corrected chi connectivity index (χ3v) is 6.93. The molecule has 0 unspecified atom stereocenters. The molecule has 3 aromatic rings. The van der Waals surface area contributed by atoms with Crippen LogP contribution in [-0.4, -0.2) is 35.1 Å². The first-order valence-electron chi connectivity index (χ1n) is 12.1. The maximum atomic E-state index is 13.1. The van der Waals surface area contributed by atoms with Crippen LogP contribution < -0.4 is 20.7 Å². The van der Waals surface area contributed by atoms with E-state index in [0.29, 0.717) is 30.1 Å². The Bertz CT molecular complexity index is 1290. The molecule has 0 radical (unpaired) electrons. The quantitative estimate of drug-likeness (QED) is 0.495. The summed E-state index contributed by atoms with van der Waals surface area (Å²) >= 11 is 0. The standard InChI is InChI=1S/C25H26N4O3.C2H6/c1-24(2)14-32-21-7-6-17(12-18(21)28-24)27-22(30)16-5-4-15-10-20-23(31)26-13-25(8-3-9-25)29(20)19(15)11-16;1-2/h4-7,10-12,28H,3,8-9,13-14H2,1-2H3,(H,26,31)(H,27,30);1-2H3. The highest BCUT2D eigenvalue weighted by Gasteiger charge is 2.44. The third-order valence-electron chi connectivity index (χ3n) is 6.93. The van der Waals surface area contributed by atoms with Gasteiger partial charge in [-0.15, -0.1) is 0 Å². The van der Waals surface area contributed by atoms with Gasteiger partial charge in [0.15, 0.2) is 0 Å². The molecule has 0 saturated heterocycles. The molecule has 6 rings (SSSR count). The van der Waals surface area contributed by atoms with E-state index < -0.39 is 0 Å². The number of carbonyl (C=O) groups excluding carboxylic acids is 2. The van der Waals surface area contributed by atoms with E-state index in [4.69, 9.17) is 4.74 Å². The second-order valence-electron chi connectivity index (χ2n) is 9.86. The normalized spacial score (nSPS) is 18.8. The van der Waals surface area contributed by atoms with Crippen LogP contribution in [0.15, 0.2) is 42.5 Å². The second-order valence-corrected chi connectivity index (χ2v) is 9.86. The van der Waals surface area contributed by atoms with Crippen molar-refractivity contribution in [2.45, 2.75) is 58.0 Å². The van der Waals surface area contributed by atoms with E-state index in [1.807, 2.05) is 56.3 Å². The number of nitrogens with zero attached hydrogens (tertiary/aromatic N) is 1. The topological polar surface area (TPSA) is 84.4 Å². The number of fused-ring (bicyclic) bond motifs is 5. The number of aromatic nitrogens is 1. The Morgan fingerprint density at radius 1 is 1.09 bits per heavy atom. The Labute approximate surface area is 199 Å². The number of hydrogen-bond acceptors (Lipinski definition) is 4. The van der Waals surface area contributed by atoms with E-state index in [1.54, 1.807) is 0 Å². The number of rotatable bonds is 2. The van der Waals surface area contributed by atoms with Crippen molar-refractivity contribution in [1.29, 1.82) is 0 Å². The monoisotopic (exact) mass is 460 g/mol. The van der Waals surface area contributed by atoms with E-state index in [9.17, 15) is 9.59 Å². The summed E-state index contributed by atoms with van der Waals surface area (Å²) in [6.45, 7) is 9.39. The van der Waals surface area contributed by atoms with Crippen molar-refractivity contribution in [3.05, 3.63) is 53.7 Å². The van der Waals surface area contributed by atoms with Crippen LogP contribution in [0.3, 0.4) is 0 Å². The summed E-state index contributed by atoms with van der Waals surface area (Å²) in [4.78, 5) is 25.6. The van der Waals surface area contributed by atoms with E-state index in [2.05, 4.69) is 34.4 Å². The van der Waals surface area contributed by atoms with Crippen LogP contribution in [0.5, 0.6) is 5.75 Å². The van der Waals surface area contributed by atoms with E-state index in [1.165, 1.54) is 0 Å². The molecule has 1 fully saturated rings. The van der Waals surface area contributed by atoms with Crippen LogP contribution in [0.1, 0.15) is 67.8 Å². The molecule has 0 atom stereocenters. The molecule has 1 saturated carbocycles. The predicted molar refractivity (Wildman–Crippen MR) is 135 cm³/mol. The second kappa shape index (κ2) is 8.08. The van der Waals surface area contributed by atoms with Crippen LogP contribution in [-0.2, 0) is 5.54 Å². The van der Waals surface area contributed by atoms with Crippen molar-refractivity contribution < 1.29 is 14.3 Å². The molecule has 0 bridgehead atoms. The highest BCUT2D eigenvalue weighted by atomic mass is 16.5. The molecule has 1 spiro atoms. The lowest BCUT2D eigenvalue weighted by Gasteiger charge is -2.47. The van der Waals surface area contributed by atoms with Crippen LogP contribution in [0, 0.1) is 0 Å². The molecular formula is C27H32N4O3. The van der Waals surface area contributed by atoms with Gasteiger partial charge in [-0.05, 0) is 69.5 Å². The number of benzene rings is 2. The molecule has 3 aliphatic rings. The zero-order valence-electron chi connectivity index (χ0n) is 20.2. The van der Waals surface area contributed by atoms with Gasteiger partial charge in [-0.25, -0.2) is 0 Å².